The number of likely N-dealkylation sites (N-methyl/N-ethyl adjacent to an activating group) is 2. The monoisotopic (exact) mass is 243 g/mol. The lowest BCUT2D eigenvalue weighted by Gasteiger charge is -2.38. The fraction of sp³-hybridized carbons (Fsp3) is 1.00. The van der Waals surface area contributed by atoms with Crippen molar-refractivity contribution in [3.63, 3.8) is 0 Å². The first-order valence-corrected chi connectivity index (χ1v) is 7.61. The average Bonchev–Trinajstić information content (AvgIpc) is 2.30. The Morgan fingerprint density at radius 2 is 2.38 bits per heavy atom. The van der Waals surface area contributed by atoms with Gasteiger partial charge in [-0.1, -0.05) is 0 Å². The van der Waals surface area contributed by atoms with Crippen LogP contribution >= 0.6 is 11.8 Å². The largest absolute Gasteiger partial charge is 0.311 e. The highest BCUT2D eigenvalue weighted by Gasteiger charge is 2.23. The van der Waals surface area contributed by atoms with Gasteiger partial charge in [-0.15, -0.1) is 0 Å². The van der Waals surface area contributed by atoms with Crippen LogP contribution in [0.1, 0.15) is 12.8 Å². The van der Waals surface area contributed by atoms with Crippen molar-refractivity contribution in [3.8, 4) is 0 Å². The summed E-state index contributed by atoms with van der Waals surface area (Å²) in [4.78, 5) is 5.03. The molecule has 2 heterocycles. The van der Waals surface area contributed by atoms with Gasteiger partial charge in [0.05, 0.1) is 0 Å². The van der Waals surface area contributed by atoms with E-state index in [0.29, 0.717) is 6.04 Å². The molecular formula is C12H25N3S. The van der Waals surface area contributed by atoms with Crippen molar-refractivity contribution in [1.29, 1.82) is 0 Å². The molecular weight excluding hydrogens is 218 g/mol. The molecule has 2 fully saturated rings. The Morgan fingerprint density at radius 3 is 3.06 bits per heavy atom. The van der Waals surface area contributed by atoms with Crippen molar-refractivity contribution < 1.29 is 0 Å². The number of nitrogens with zero attached hydrogens (tertiary/aromatic N) is 2. The van der Waals surface area contributed by atoms with E-state index in [1.165, 1.54) is 50.5 Å². The van der Waals surface area contributed by atoms with Crippen molar-refractivity contribution in [3.05, 3.63) is 0 Å². The van der Waals surface area contributed by atoms with Gasteiger partial charge in [-0.05, 0) is 33.5 Å². The van der Waals surface area contributed by atoms with E-state index in [-0.39, 0.29) is 0 Å². The SMILES string of the molecule is CN1CCCC(N(C)CC2CSCCN2)C1. The number of hydrogen-bond donors (Lipinski definition) is 1. The van der Waals surface area contributed by atoms with Gasteiger partial charge in [0.2, 0.25) is 0 Å². The van der Waals surface area contributed by atoms with Gasteiger partial charge in [0.25, 0.3) is 0 Å². The molecule has 0 spiro atoms. The second-order valence-corrected chi connectivity index (χ2v) is 6.37. The topological polar surface area (TPSA) is 18.5 Å². The maximum atomic E-state index is 3.62. The second kappa shape index (κ2) is 6.24. The van der Waals surface area contributed by atoms with E-state index in [4.69, 9.17) is 0 Å². The predicted molar refractivity (Wildman–Crippen MR) is 72.3 cm³/mol. The lowest BCUT2D eigenvalue weighted by molar-refractivity contribution is 0.127. The zero-order chi connectivity index (χ0) is 11.4. The van der Waals surface area contributed by atoms with Gasteiger partial charge in [-0.3, -0.25) is 0 Å². The molecule has 0 aromatic heterocycles. The van der Waals surface area contributed by atoms with Crippen molar-refractivity contribution in [2.75, 3.05) is 51.8 Å². The molecule has 2 rings (SSSR count). The highest BCUT2D eigenvalue weighted by Crippen LogP contribution is 2.15. The van der Waals surface area contributed by atoms with Crippen LogP contribution in [0, 0.1) is 0 Å². The molecule has 4 heteroatoms. The van der Waals surface area contributed by atoms with E-state index >= 15 is 0 Å². The standard InChI is InChI=1S/C12H25N3S/c1-14-6-3-4-12(9-14)15(2)8-11-10-16-7-5-13-11/h11-13H,3-10H2,1-2H3. The van der Waals surface area contributed by atoms with Gasteiger partial charge in [0.15, 0.2) is 0 Å². The average molecular weight is 243 g/mol. The smallest absolute Gasteiger partial charge is 0.0285 e. The van der Waals surface area contributed by atoms with Gasteiger partial charge in [-0.2, -0.15) is 11.8 Å². The molecule has 3 nitrogen and oxygen atoms in total. The van der Waals surface area contributed by atoms with Crippen LogP contribution in [0.25, 0.3) is 0 Å². The minimum absolute atomic E-state index is 0.705. The van der Waals surface area contributed by atoms with Crippen molar-refractivity contribution in [2.24, 2.45) is 0 Å². The van der Waals surface area contributed by atoms with E-state index in [1.807, 2.05) is 0 Å². The van der Waals surface area contributed by atoms with Gasteiger partial charge in [0.1, 0.15) is 0 Å². The lowest BCUT2D eigenvalue weighted by atomic mass is 10.0. The Bertz CT molecular complexity index is 206. The Hall–Kier alpha value is 0.230. The minimum atomic E-state index is 0.705. The molecule has 2 aliphatic rings. The summed E-state index contributed by atoms with van der Waals surface area (Å²) in [6, 6.07) is 1.48. The first-order valence-electron chi connectivity index (χ1n) is 6.45. The van der Waals surface area contributed by atoms with Crippen LogP contribution < -0.4 is 5.32 Å². The molecule has 2 atom stereocenters. The molecule has 0 saturated carbocycles. The molecule has 0 aliphatic carbocycles. The van der Waals surface area contributed by atoms with Crippen LogP contribution in [0.5, 0.6) is 0 Å². The third-order valence-electron chi connectivity index (χ3n) is 3.73. The summed E-state index contributed by atoms with van der Waals surface area (Å²) in [5.41, 5.74) is 0. The lowest BCUT2D eigenvalue weighted by Crippen LogP contribution is -2.51. The molecule has 94 valence electrons. The third kappa shape index (κ3) is 3.62. The Balaban J connectivity index is 1.75. The van der Waals surface area contributed by atoms with E-state index in [9.17, 15) is 0 Å². The number of likely N-dealkylation sites (tertiary alicyclic amines) is 1. The fourth-order valence-corrected chi connectivity index (χ4v) is 3.67. The predicted octanol–water partition coefficient (Wildman–Crippen LogP) is 0.717. The minimum Gasteiger partial charge on any atom is -0.311 e. The Labute approximate surface area is 104 Å². The molecule has 16 heavy (non-hydrogen) atoms. The quantitative estimate of drug-likeness (QED) is 0.787. The van der Waals surface area contributed by atoms with Crippen LogP contribution in [0.15, 0.2) is 0 Å². The summed E-state index contributed by atoms with van der Waals surface area (Å²) >= 11 is 2.09. The maximum absolute atomic E-state index is 3.62. The van der Waals surface area contributed by atoms with Crippen LogP contribution in [-0.4, -0.2) is 73.7 Å². The van der Waals surface area contributed by atoms with E-state index in [2.05, 4.69) is 41.0 Å². The second-order valence-electron chi connectivity index (χ2n) is 5.22. The number of nitrogens with one attached hydrogen (secondary N) is 1. The van der Waals surface area contributed by atoms with E-state index in [0.717, 1.165) is 6.04 Å². The highest BCUT2D eigenvalue weighted by atomic mass is 32.2. The normalized spacial score (nSPS) is 33.2. The third-order valence-corrected chi connectivity index (χ3v) is 4.86. The molecule has 2 saturated heterocycles. The summed E-state index contributed by atoms with van der Waals surface area (Å²) in [6.45, 7) is 4.93. The highest BCUT2D eigenvalue weighted by molar-refractivity contribution is 7.99. The molecule has 1 N–H and O–H groups in total. The van der Waals surface area contributed by atoms with Gasteiger partial charge >= 0.3 is 0 Å². The Kier molecular flexibility index (Phi) is 4.95. The van der Waals surface area contributed by atoms with Crippen LogP contribution in [0.4, 0.5) is 0 Å². The summed E-state index contributed by atoms with van der Waals surface area (Å²) in [7, 11) is 4.54. The van der Waals surface area contributed by atoms with Crippen LogP contribution in [0.2, 0.25) is 0 Å². The van der Waals surface area contributed by atoms with Crippen molar-refractivity contribution in [2.45, 2.75) is 24.9 Å². The summed E-state index contributed by atoms with van der Waals surface area (Å²) in [6.07, 6.45) is 2.74. The number of piperidine rings is 1. The summed E-state index contributed by atoms with van der Waals surface area (Å²) in [5, 5.41) is 3.62. The molecule has 0 aromatic rings. The number of hydrogen-bond acceptors (Lipinski definition) is 4. The molecule has 2 unspecified atom stereocenters. The van der Waals surface area contributed by atoms with E-state index < -0.39 is 0 Å². The first kappa shape index (κ1) is 12.7. The molecule has 0 amide bonds. The van der Waals surface area contributed by atoms with Crippen molar-refractivity contribution in [1.82, 2.24) is 15.1 Å². The number of thioether (sulfide) groups is 1. The zero-order valence-corrected chi connectivity index (χ0v) is 11.4. The van der Waals surface area contributed by atoms with Gasteiger partial charge < -0.3 is 15.1 Å². The zero-order valence-electron chi connectivity index (χ0n) is 10.6. The Morgan fingerprint density at radius 1 is 1.50 bits per heavy atom. The van der Waals surface area contributed by atoms with E-state index in [1.54, 1.807) is 0 Å². The fourth-order valence-electron chi connectivity index (χ4n) is 2.73. The first-order chi connectivity index (χ1) is 7.75. The molecule has 0 aromatic carbocycles. The van der Waals surface area contributed by atoms with Crippen molar-refractivity contribution >= 4 is 11.8 Å². The molecule has 2 aliphatic heterocycles. The molecule has 0 radical (unpaired) electrons. The summed E-state index contributed by atoms with van der Waals surface area (Å²) < 4.78 is 0. The van der Waals surface area contributed by atoms with Crippen LogP contribution in [0.3, 0.4) is 0 Å². The van der Waals surface area contributed by atoms with Gasteiger partial charge in [0, 0.05) is 43.2 Å². The van der Waals surface area contributed by atoms with Crippen LogP contribution in [-0.2, 0) is 0 Å². The molecule has 0 bridgehead atoms. The van der Waals surface area contributed by atoms with Gasteiger partial charge in [-0.25, -0.2) is 0 Å². The maximum Gasteiger partial charge on any atom is 0.0285 e. The number of rotatable bonds is 3. The summed E-state index contributed by atoms with van der Waals surface area (Å²) in [5.74, 6) is 2.57.